The van der Waals surface area contributed by atoms with Crippen molar-refractivity contribution in [3.05, 3.63) is 70.2 Å². The molecule has 6 heteroatoms. The lowest BCUT2D eigenvalue weighted by Gasteiger charge is -2.18. The van der Waals surface area contributed by atoms with Crippen LogP contribution in [0.4, 0.5) is 0 Å². The number of hydrogen-bond donors (Lipinski definition) is 3. The molecule has 0 aromatic heterocycles. The first-order valence-corrected chi connectivity index (χ1v) is 7.00. The van der Waals surface area contributed by atoms with Gasteiger partial charge in [0.2, 0.25) is 0 Å². The van der Waals surface area contributed by atoms with E-state index in [2.05, 4.69) is 26.4 Å². The Kier molecular flexibility index (Phi) is 4.94. The average Bonchev–Trinajstić information content (AvgIpc) is 2.53. The molecule has 2 rings (SSSR count). The van der Waals surface area contributed by atoms with Crippen LogP contribution in [0, 0.1) is 0 Å². The van der Waals surface area contributed by atoms with Crippen LogP contribution in [0.25, 0.3) is 0 Å². The van der Waals surface area contributed by atoms with E-state index < -0.39 is 6.04 Å². The highest BCUT2D eigenvalue weighted by Crippen LogP contribution is 2.18. The number of rotatable bonds is 4. The van der Waals surface area contributed by atoms with E-state index in [0.29, 0.717) is 10.0 Å². The second-order valence-electron chi connectivity index (χ2n) is 4.32. The van der Waals surface area contributed by atoms with Crippen LogP contribution in [-0.2, 0) is 0 Å². The molecule has 0 saturated heterocycles. The van der Waals surface area contributed by atoms with Crippen LogP contribution >= 0.6 is 15.9 Å². The third kappa shape index (κ3) is 3.61. The maximum atomic E-state index is 12.3. The Bertz CT molecular complexity index is 659. The van der Waals surface area contributed by atoms with Crippen LogP contribution in [0.5, 0.6) is 0 Å². The van der Waals surface area contributed by atoms with E-state index in [1.807, 2.05) is 24.3 Å². The fourth-order valence-electron chi connectivity index (χ4n) is 1.89. The lowest BCUT2D eigenvalue weighted by molar-refractivity contribution is 0.0945. The molecule has 4 N–H and O–H groups in total. The van der Waals surface area contributed by atoms with Crippen molar-refractivity contribution >= 4 is 27.7 Å². The number of halogens is 1. The van der Waals surface area contributed by atoms with Crippen molar-refractivity contribution in [3.8, 4) is 0 Å². The smallest absolute Gasteiger partial charge is 0.253 e. The number of benzene rings is 2. The molecule has 2 aromatic rings. The first kappa shape index (κ1) is 15.1. The molecule has 2 aromatic carbocycles. The summed E-state index contributed by atoms with van der Waals surface area (Å²) in [5.74, 6) is -0.399. The van der Waals surface area contributed by atoms with Gasteiger partial charge in [0.05, 0.1) is 5.56 Å². The molecule has 0 bridgehead atoms. The van der Waals surface area contributed by atoms with Crippen molar-refractivity contribution in [2.24, 2.45) is 10.9 Å². The molecule has 0 aliphatic heterocycles. The second kappa shape index (κ2) is 6.90. The summed E-state index contributed by atoms with van der Waals surface area (Å²) in [4.78, 5) is 12.3. The van der Waals surface area contributed by atoms with Crippen LogP contribution in [0.15, 0.2) is 64.2 Å². The first-order valence-electron chi connectivity index (χ1n) is 6.21. The van der Waals surface area contributed by atoms with Crippen LogP contribution in [0.3, 0.4) is 0 Å². The number of nitrogens with two attached hydrogens (primary N) is 1. The average molecular weight is 348 g/mol. The summed E-state index contributed by atoms with van der Waals surface area (Å²) in [5.41, 5.74) is 6.89. The van der Waals surface area contributed by atoms with Gasteiger partial charge in [0.25, 0.3) is 5.91 Å². The topological polar surface area (TPSA) is 87.7 Å². The fraction of sp³-hybridized carbons (Fsp3) is 0.0667. The molecule has 0 fully saturated rings. The van der Waals surface area contributed by atoms with Crippen molar-refractivity contribution in [3.63, 3.8) is 0 Å². The molecule has 0 saturated carbocycles. The zero-order valence-corrected chi connectivity index (χ0v) is 12.6. The van der Waals surface area contributed by atoms with E-state index in [-0.39, 0.29) is 11.7 Å². The van der Waals surface area contributed by atoms with Crippen molar-refractivity contribution in [2.75, 3.05) is 0 Å². The minimum absolute atomic E-state index is 0.0818. The molecule has 108 valence electrons. The first-order chi connectivity index (χ1) is 10.1. The number of carbonyl (C=O) groups excluding carboxylic acids is 1. The molecule has 0 radical (unpaired) electrons. The summed E-state index contributed by atoms with van der Waals surface area (Å²) in [6.07, 6.45) is 0. The Morgan fingerprint density at radius 1 is 1.14 bits per heavy atom. The van der Waals surface area contributed by atoms with Gasteiger partial charge in [0.15, 0.2) is 5.84 Å². The van der Waals surface area contributed by atoms with Gasteiger partial charge in [-0.2, -0.15) is 0 Å². The minimum atomic E-state index is -0.698. The molecule has 0 spiro atoms. The number of nitrogens with one attached hydrogen (secondary N) is 1. The Morgan fingerprint density at radius 2 is 1.76 bits per heavy atom. The van der Waals surface area contributed by atoms with E-state index in [1.54, 1.807) is 30.3 Å². The largest absolute Gasteiger partial charge is 0.409 e. The van der Waals surface area contributed by atoms with Crippen LogP contribution in [0.1, 0.15) is 22.0 Å². The molecule has 21 heavy (non-hydrogen) atoms. The molecular weight excluding hydrogens is 334 g/mol. The summed E-state index contributed by atoms with van der Waals surface area (Å²) in [7, 11) is 0. The lowest BCUT2D eigenvalue weighted by Crippen LogP contribution is -2.37. The highest BCUT2D eigenvalue weighted by atomic mass is 79.9. The highest BCUT2D eigenvalue weighted by Gasteiger charge is 2.20. The molecule has 1 unspecified atom stereocenters. The van der Waals surface area contributed by atoms with E-state index in [9.17, 15) is 4.79 Å². The number of nitrogens with zero attached hydrogens (tertiary/aromatic N) is 1. The third-order valence-corrected chi connectivity index (χ3v) is 3.63. The van der Waals surface area contributed by atoms with Crippen molar-refractivity contribution in [1.82, 2.24) is 5.32 Å². The molecule has 0 heterocycles. The molecule has 0 aliphatic carbocycles. The van der Waals surface area contributed by atoms with Gasteiger partial charge in [-0.15, -0.1) is 0 Å². The summed E-state index contributed by atoms with van der Waals surface area (Å²) in [6, 6.07) is 15.4. The van der Waals surface area contributed by atoms with E-state index in [1.165, 1.54) is 0 Å². The number of amides is 1. The van der Waals surface area contributed by atoms with Crippen molar-refractivity contribution < 1.29 is 10.0 Å². The summed E-state index contributed by atoms with van der Waals surface area (Å²) in [5, 5.41) is 14.7. The SMILES string of the molecule is N/C(=N\O)C(NC(=O)c1ccccc1Br)c1ccccc1. The predicted octanol–water partition coefficient (Wildman–Crippen LogP) is 2.67. The van der Waals surface area contributed by atoms with Gasteiger partial charge in [0, 0.05) is 4.47 Å². The Balaban J connectivity index is 2.28. The van der Waals surface area contributed by atoms with Crippen molar-refractivity contribution in [2.45, 2.75) is 6.04 Å². The summed E-state index contributed by atoms with van der Waals surface area (Å²) in [6.45, 7) is 0. The lowest BCUT2D eigenvalue weighted by atomic mass is 10.1. The highest BCUT2D eigenvalue weighted by molar-refractivity contribution is 9.10. The number of carbonyl (C=O) groups is 1. The van der Waals surface area contributed by atoms with E-state index >= 15 is 0 Å². The minimum Gasteiger partial charge on any atom is -0.409 e. The van der Waals surface area contributed by atoms with Gasteiger partial charge in [-0.1, -0.05) is 47.6 Å². The monoisotopic (exact) mass is 347 g/mol. The standard InChI is InChI=1S/C15H14BrN3O2/c16-12-9-5-4-8-11(12)15(20)18-13(14(17)19-21)10-6-2-1-3-7-10/h1-9,13,21H,(H2,17,19)(H,18,20). The van der Waals surface area contributed by atoms with E-state index in [4.69, 9.17) is 10.9 Å². The molecule has 0 aliphatic rings. The van der Waals surface area contributed by atoms with Gasteiger partial charge in [0.1, 0.15) is 6.04 Å². The normalized spacial score (nSPS) is 12.7. The van der Waals surface area contributed by atoms with Gasteiger partial charge in [-0.3, -0.25) is 4.79 Å². The van der Waals surface area contributed by atoms with Crippen LogP contribution in [-0.4, -0.2) is 17.0 Å². The summed E-state index contributed by atoms with van der Waals surface area (Å²) < 4.78 is 0.675. The fourth-order valence-corrected chi connectivity index (χ4v) is 2.35. The molecular formula is C15H14BrN3O2. The van der Waals surface area contributed by atoms with E-state index in [0.717, 1.165) is 5.56 Å². The molecule has 1 amide bonds. The van der Waals surface area contributed by atoms with Crippen LogP contribution < -0.4 is 11.1 Å². The molecule has 5 nitrogen and oxygen atoms in total. The number of hydrogen-bond acceptors (Lipinski definition) is 3. The number of amidine groups is 1. The second-order valence-corrected chi connectivity index (χ2v) is 5.18. The Morgan fingerprint density at radius 3 is 2.38 bits per heavy atom. The van der Waals surface area contributed by atoms with Crippen LogP contribution in [0.2, 0.25) is 0 Å². The summed E-state index contributed by atoms with van der Waals surface area (Å²) >= 11 is 3.33. The Hall–Kier alpha value is -2.34. The zero-order chi connectivity index (χ0) is 15.2. The van der Waals surface area contributed by atoms with Gasteiger partial charge in [-0.05, 0) is 33.6 Å². The predicted molar refractivity (Wildman–Crippen MR) is 84.2 cm³/mol. The van der Waals surface area contributed by atoms with Crippen molar-refractivity contribution in [1.29, 1.82) is 0 Å². The maximum absolute atomic E-state index is 12.3. The number of oxime groups is 1. The van der Waals surface area contributed by atoms with Gasteiger partial charge in [-0.25, -0.2) is 0 Å². The van der Waals surface area contributed by atoms with Gasteiger partial charge >= 0.3 is 0 Å². The van der Waals surface area contributed by atoms with Gasteiger partial charge < -0.3 is 16.3 Å². The maximum Gasteiger partial charge on any atom is 0.253 e. The quantitative estimate of drug-likeness (QED) is 0.344. The molecule has 1 atom stereocenters. The Labute approximate surface area is 130 Å². The third-order valence-electron chi connectivity index (χ3n) is 2.94. The zero-order valence-electron chi connectivity index (χ0n) is 11.0.